The van der Waals surface area contributed by atoms with Gasteiger partial charge in [-0.1, -0.05) is 24.3 Å². The normalized spacial score (nSPS) is 10.7. The van der Waals surface area contributed by atoms with Gasteiger partial charge in [-0.3, -0.25) is 4.57 Å². The van der Waals surface area contributed by atoms with Crippen LogP contribution < -0.4 is 0 Å². The van der Waals surface area contributed by atoms with E-state index in [1.807, 2.05) is 29.1 Å². The molecule has 0 aliphatic carbocycles. The monoisotopic (exact) mass is 195 g/mol. The van der Waals surface area contributed by atoms with Crippen LogP contribution in [0.15, 0.2) is 55.2 Å². The van der Waals surface area contributed by atoms with Gasteiger partial charge in [0.2, 0.25) is 0 Å². The molecule has 0 aliphatic rings. The van der Waals surface area contributed by atoms with Gasteiger partial charge in [0, 0.05) is 24.0 Å². The summed E-state index contributed by atoms with van der Waals surface area (Å²) in [4.78, 5) is 8.37. The van der Waals surface area contributed by atoms with E-state index in [0.717, 1.165) is 11.2 Å². The van der Waals surface area contributed by atoms with E-state index in [2.05, 4.69) is 28.2 Å². The first-order chi connectivity index (χ1) is 7.43. The molecule has 0 saturated heterocycles. The number of fused-ring (bicyclic) bond motifs is 1. The molecular formula is C12H9N3. The molecule has 0 N–H and O–H groups in total. The van der Waals surface area contributed by atoms with Gasteiger partial charge in [0.25, 0.3) is 0 Å². The predicted molar refractivity (Wildman–Crippen MR) is 58.9 cm³/mol. The van der Waals surface area contributed by atoms with Gasteiger partial charge in [0.15, 0.2) is 0 Å². The first-order valence-corrected chi connectivity index (χ1v) is 4.76. The average Bonchev–Trinajstić information content (AvgIpc) is 2.82. The fraction of sp³-hybridized carbons (Fsp3) is 0. The van der Waals surface area contributed by atoms with E-state index in [0.29, 0.717) is 0 Å². The van der Waals surface area contributed by atoms with Crippen molar-refractivity contribution >= 4 is 10.8 Å². The number of nitrogens with zero attached hydrogens (tertiary/aromatic N) is 3. The van der Waals surface area contributed by atoms with Gasteiger partial charge in [0.1, 0.15) is 12.1 Å². The number of pyridine rings is 1. The van der Waals surface area contributed by atoms with E-state index >= 15 is 0 Å². The summed E-state index contributed by atoms with van der Waals surface area (Å²) in [7, 11) is 0. The lowest BCUT2D eigenvalue weighted by Gasteiger charge is -2.02. The average molecular weight is 195 g/mol. The summed E-state index contributed by atoms with van der Waals surface area (Å²) in [5.41, 5.74) is 0. The van der Waals surface area contributed by atoms with Crippen LogP contribution in [0.2, 0.25) is 0 Å². The van der Waals surface area contributed by atoms with Crippen LogP contribution in [0.3, 0.4) is 0 Å². The number of benzene rings is 1. The Labute approximate surface area is 87.0 Å². The van der Waals surface area contributed by atoms with Gasteiger partial charge in [-0.15, -0.1) is 0 Å². The summed E-state index contributed by atoms with van der Waals surface area (Å²) in [6.45, 7) is 0. The molecule has 3 rings (SSSR count). The quantitative estimate of drug-likeness (QED) is 0.597. The Morgan fingerprint density at radius 3 is 2.73 bits per heavy atom. The van der Waals surface area contributed by atoms with Crippen molar-refractivity contribution in [3.63, 3.8) is 0 Å². The predicted octanol–water partition coefficient (Wildman–Crippen LogP) is 2.42. The summed E-state index contributed by atoms with van der Waals surface area (Å²) < 4.78 is 1.90. The van der Waals surface area contributed by atoms with Crippen molar-refractivity contribution in [2.45, 2.75) is 0 Å². The first-order valence-electron chi connectivity index (χ1n) is 4.76. The molecule has 0 bridgehead atoms. The molecule has 1 aromatic carbocycles. The maximum absolute atomic E-state index is 4.37. The number of imidazole rings is 1. The maximum atomic E-state index is 4.37. The van der Waals surface area contributed by atoms with Gasteiger partial charge >= 0.3 is 0 Å². The zero-order valence-electron chi connectivity index (χ0n) is 8.04. The highest BCUT2D eigenvalue weighted by Gasteiger charge is 1.98. The van der Waals surface area contributed by atoms with Crippen molar-refractivity contribution in [1.82, 2.24) is 14.5 Å². The van der Waals surface area contributed by atoms with Crippen molar-refractivity contribution in [3.05, 3.63) is 55.2 Å². The highest BCUT2D eigenvalue weighted by Crippen LogP contribution is 2.15. The second-order valence-electron chi connectivity index (χ2n) is 3.36. The third kappa shape index (κ3) is 1.38. The highest BCUT2D eigenvalue weighted by molar-refractivity contribution is 5.82. The van der Waals surface area contributed by atoms with E-state index < -0.39 is 0 Å². The van der Waals surface area contributed by atoms with E-state index in [1.165, 1.54) is 5.39 Å². The summed E-state index contributed by atoms with van der Waals surface area (Å²) in [6, 6.07) is 10.2. The van der Waals surface area contributed by atoms with Gasteiger partial charge in [-0.25, -0.2) is 9.97 Å². The minimum absolute atomic E-state index is 0.895. The van der Waals surface area contributed by atoms with Crippen LogP contribution in [-0.4, -0.2) is 14.5 Å². The van der Waals surface area contributed by atoms with Crippen LogP contribution in [0.4, 0.5) is 0 Å². The molecule has 2 aromatic heterocycles. The van der Waals surface area contributed by atoms with Crippen molar-refractivity contribution in [2.75, 3.05) is 0 Å². The Bertz CT molecular complexity index is 585. The standard InChI is InChI=1S/C12H9N3/c1-2-4-11-8-14-12(7-10(11)3-1)15-6-5-13-9-15/h1-9H. The molecule has 0 saturated carbocycles. The molecule has 3 nitrogen and oxygen atoms in total. The third-order valence-electron chi connectivity index (χ3n) is 2.39. The van der Waals surface area contributed by atoms with Gasteiger partial charge in [0.05, 0.1) is 0 Å². The van der Waals surface area contributed by atoms with E-state index in [4.69, 9.17) is 0 Å². The van der Waals surface area contributed by atoms with Crippen LogP contribution in [0, 0.1) is 0 Å². The number of aromatic nitrogens is 3. The van der Waals surface area contributed by atoms with Crippen LogP contribution in [0.1, 0.15) is 0 Å². The zero-order chi connectivity index (χ0) is 10.1. The Balaban J connectivity index is 2.22. The van der Waals surface area contributed by atoms with E-state index in [9.17, 15) is 0 Å². The summed E-state index contributed by atoms with van der Waals surface area (Å²) >= 11 is 0. The molecule has 3 heteroatoms. The van der Waals surface area contributed by atoms with Crippen LogP contribution in [0.5, 0.6) is 0 Å². The van der Waals surface area contributed by atoms with Crippen LogP contribution >= 0.6 is 0 Å². The van der Waals surface area contributed by atoms with E-state index in [-0.39, 0.29) is 0 Å². The molecule has 0 fully saturated rings. The lowest BCUT2D eigenvalue weighted by Crippen LogP contribution is -1.93. The number of rotatable bonds is 1. The summed E-state index contributed by atoms with van der Waals surface area (Å²) in [6.07, 6.45) is 7.26. The minimum Gasteiger partial charge on any atom is -0.291 e. The number of hydrogen-bond acceptors (Lipinski definition) is 2. The lowest BCUT2D eigenvalue weighted by molar-refractivity contribution is 0.999. The van der Waals surface area contributed by atoms with Crippen LogP contribution in [-0.2, 0) is 0 Å². The Morgan fingerprint density at radius 2 is 1.93 bits per heavy atom. The van der Waals surface area contributed by atoms with E-state index in [1.54, 1.807) is 12.5 Å². The van der Waals surface area contributed by atoms with Crippen LogP contribution in [0.25, 0.3) is 16.6 Å². The topological polar surface area (TPSA) is 30.7 Å². The first kappa shape index (κ1) is 8.17. The van der Waals surface area contributed by atoms with Gasteiger partial charge in [-0.2, -0.15) is 0 Å². The molecule has 0 unspecified atom stereocenters. The molecule has 72 valence electrons. The summed E-state index contributed by atoms with van der Waals surface area (Å²) in [5, 5.41) is 2.34. The fourth-order valence-corrected chi connectivity index (χ4v) is 1.61. The fourth-order valence-electron chi connectivity index (χ4n) is 1.61. The molecule has 0 amide bonds. The zero-order valence-corrected chi connectivity index (χ0v) is 8.04. The van der Waals surface area contributed by atoms with Crippen molar-refractivity contribution in [2.24, 2.45) is 0 Å². The second-order valence-corrected chi connectivity index (χ2v) is 3.36. The molecule has 0 radical (unpaired) electrons. The lowest BCUT2D eigenvalue weighted by atomic mass is 10.2. The van der Waals surface area contributed by atoms with Crippen molar-refractivity contribution in [1.29, 1.82) is 0 Å². The molecule has 15 heavy (non-hydrogen) atoms. The molecular weight excluding hydrogens is 186 g/mol. The Kier molecular flexibility index (Phi) is 1.75. The van der Waals surface area contributed by atoms with Gasteiger partial charge in [-0.05, 0) is 11.5 Å². The van der Waals surface area contributed by atoms with Crippen molar-refractivity contribution < 1.29 is 0 Å². The Morgan fingerprint density at radius 1 is 1.07 bits per heavy atom. The molecule has 3 aromatic rings. The Hall–Kier alpha value is -2.16. The number of hydrogen-bond donors (Lipinski definition) is 0. The van der Waals surface area contributed by atoms with Crippen molar-refractivity contribution in [3.8, 4) is 5.82 Å². The SMILES string of the molecule is c1ccc2cc(-n3ccnc3)ncc2c1. The van der Waals surface area contributed by atoms with Gasteiger partial charge < -0.3 is 0 Å². The molecule has 0 aliphatic heterocycles. The smallest absolute Gasteiger partial charge is 0.138 e. The molecule has 2 heterocycles. The molecule has 0 atom stereocenters. The third-order valence-corrected chi connectivity index (χ3v) is 2.39. The second kappa shape index (κ2) is 3.20. The maximum Gasteiger partial charge on any atom is 0.138 e. The molecule has 0 spiro atoms. The minimum atomic E-state index is 0.895. The highest BCUT2D eigenvalue weighted by atomic mass is 15.1. The summed E-state index contributed by atoms with van der Waals surface area (Å²) in [5.74, 6) is 0.895. The largest absolute Gasteiger partial charge is 0.291 e.